The molecule has 1 aliphatic rings. The van der Waals surface area contributed by atoms with Crippen molar-refractivity contribution in [3.63, 3.8) is 0 Å². The molecule has 5 nitrogen and oxygen atoms in total. The van der Waals surface area contributed by atoms with E-state index in [1.54, 1.807) is 12.1 Å². The summed E-state index contributed by atoms with van der Waals surface area (Å²) in [4.78, 5) is 10.6. The van der Waals surface area contributed by atoms with Crippen LogP contribution in [0.3, 0.4) is 0 Å². The third-order valence-electron chi connectivity index (χ3n) is 4.13. The van der Waals surface area contributed by atoms with Gasteiger partial charge in [-0.25, -0.2) is 0 Å². The summed E-state index contributed by atoms with van der Waals surface area (Å²) in [7, 11) is 0. The second-order valence-electron chi connectivity index (χ2n) is 5.43. The second-order valence-corrected chi connectivity index (χ2v) is 5.43. The minimum atomic E-state index is -0.369. The predicted molar refractivity (Wildman–Crippen MR) is 82.9 cm³/mol. The first-order chi connectivity index (χ1) is 10.7. The number of nitrogens with zero attached hydrogens (tertiary/aromatic N) is 1. The summed E-state index contributed by atoms with van der Waals surface area (Å²) in [5.41, 5.74) is 3.02. The van der Waals surface area contributed by atoms with E-state index >= 15 is 0 Å². The van der Waals surface area contributed by atoms with Crippen LogP contribution in [0, 0.1) is 10.1 Å². The third kappa shape index (κ3) is 1.98. The van der Waals surface area contributed by atoms with Crippen molar-refractivity contribution < 1.29 is 9.34 Å². The Bertz CT molecular complexity index is 869. The zero-order chi connectivity index (χ0) is 15.1. The van der Waals surface area contributed by atoms with Gasteiger partial charge >= 0.3 is 0 Å². The van der Waals surface area contributed by atoms with Gasteiger partial charge in [0, 0.05) is 29.6 Å². The van der Waals surface area contributed by atoms with Crippen LogP contribution in [0.4, 0.5) is 5.69 Å². The Hall–Kier alpha value is -2.66. The maximum absolute atomic E-state index is 11.0. The number of benzene rings is 2. The number of nitro benzene ring substituents is 1. The average molecular weight is 294 g/mol. The summed E-state index contributed by atoms with van der Waals surface area (Å²) in [5, 5.41) is 15.5. The monoisotopic (exact) mass is 294 g/mol. The number of fused-ring (bicyclic) bond motifs is 3. The fraction of sp³-hybridized carbons (Fsp3) is 0.176. The minimum Gasteiger partial charge on any atom is -0.459 e. The molecule has 0 fully saturated rings. The molecule has 2 aromatic carbocycles. The Kier molecular flexibility index (Phi) is 2.94. The Morgan fingerprint density at radius 2 is 2.05 bits per heavy atom. The van der Waals surface area contributed by atoms with Crippen molar-refractivity contribution in [2.75, 3.05) is 6.54 Å². The van der Waals surface area contributed by atoms with Gasteiger partial charge in [-0.3, -0.25) is 10.1 Å². The van der Waals surface area contributed by atoms with Crippen LogP contribution >= 0.6 is 0 Å². The van der Waals surface area contributed by atoms with Gasteiger partial charge in [0.15, 0.2) is 0 Å². The first kappa shape index (κ1) is 13.0. The molecule has 0 radical (unpaired) electrons. The van der Waals surface area contributed by atoms with E-state index in [1.807, 2.05) is 24.3 Å². The number of rotatable bonds is 2. The van der Waals surface area contributed by atoms with Crippen molar-refractivity contribution in [3.05, 3.63) is 75.5 Å². The lowest BCUT2D eigenvalue weighted by Gasteiger charge is -2.23. The quantitative estimate of drug-likeness (QED) is 0.579. The Morgan fingerprint density at radius 3 is 2.91 bits per heavy atom. The van der Waals surface area contributed by atoms with Crippen molar-refractivity contribution in [2.45, 2.75) is 12.5 Å². The molecule has 1 N–H and O–H groups in total. The van der Waals surface area contributed by atoms with Gasteiger partial charge in [-0.2, -0.15) is 0 Å². The maximum atomic E-state index is 11.0. The maximum Gasteiger partial charge on any atom is 0.269 e. The van der Waals surface area contributed by atoms with Gasteiger partial charge in [0.05, 0.1) is 11.0 Å². The van der Waals surface area contributed by atoms with E-state index in [2.05, 4.69) is 11.4 Å². The van der Waals surface area contributed by atoms with E-state index in [9.17, 15) is 10.1 Å². The van der Waals surface area contributed by atoms with Gasteiger partial charge in [-0.1, -0.05) is 30.3 Å². The highest BCUT2D eigenvalue weighted by Crippen LogP contribution is 2.36. The average Bonchev–Trinajstić information content (AvgIpc) is 2.93. The van der Waals surface area contributed by atoms with E-state index in [1.165, 1.54) is 11.6 Å². The Labute approximate surface area is 126 Å². The Balaban J connectivity index is 1.85. The molecule has 22 heavy (non-hydrogen) atoms. The summed E-state index contributed by atoms with van der Waals surface area (Å²) >= 11 is 0. The number of hydrogen-bond acceptors (Lipinski definition) is 4. The molecule has 110 valence electrons. The fourth-order valence-electron chi connectivity index (χ4n) is 3.13. The number of nitro groups is 1. The minimum absolute atomic E-state index is 0.0996. The molecule has 0 aliphatic carbocycles. The van der Waals surface area contributed by atoms with Gasteiger partial charge in [0.1, 0.15) is 11.3 Å². The van der Waals surface area contributed by atoms with Crippen LogP contribution in [0.5, 0.6) is 0 Å². The number of hydrogen-bond donors (Lipinski definition) is 1. The van der Waals surface area contributed by atoms with Crippen molar-refractivity contribution in [1.82, 2.24) is 5.32 Å². The summed E-state index contributed by atoms with van der Waals surface area (Å²) in [5.74, 6) is 0.868. The van der Waals surface area contributed by atoms with Crippen molar-refractivity contribution in [2.24, 2.45) is 0 Å². The summed E-state index contributed by atoms with van der Waals surface area (Å²) < 4.78 is 6.03. The van der Waals surface area contributed by atoms with Gasteiger partial charge in [-0.15, -0.1) is 0 Å². The molecular formula is C17H14N2O3. The molecule has 1 atom stereocenters. The van der Waals surface area contributed by atoms with Crippen molar-refractivity contribution >= 4 is 16.7 Å². The molecule has 1 aromatic heterocycles. The molecule has 1 aliphatic heterocycles. The molecule has 3 aromatic rings. The highest BCUT2D eigenvalue weighted by atomic mass is 16.6. The molecule has 0 saturated carbocycles. The standard InChI is InChI=1S/C17H14N2O3/c20-19(21)12-5-3-4-11(10-12)16-17-14(8-9-18-16)13-6-1-2-7-15(13)22-17/h1-7,10,16,18H,8-9H2. The smallest absolute Gasteiger partial charge is 0.269 e. The first-order valence-corrected chi connectivity index (χ1v) is 7.22. The molecule has 0 spiro atoms. The van der Waals surface area contributed by atoms with Crippen LogP contribution in [0.15, 0.2) is 52.9 Å². The molecule has 0 amide bonds. The zero-order valence-electron chi connectivity index (χ0n) is 11.8. The van der Waals surface area contributed by atoms with Gasteiger partial charge in [0.2, 0.25) is 0 Å². The van der Waals surface area contributed by atoms with Crippen LogP contribution < -0.4 is 5.32 Å². The topological polar surface area (TPSA) is 68.3 Å². The SMILES string of the molecule is O=[N+]([O-])c1cccc(C2NCCc3c2oc2ccccc32)c1. The molecule has 4 rings (SSSR count). The predicted octanol–water partition coefficient (Wildman–Crippen LogP) is 3.58. The van der Waals surface area contributed by atoms with E-state index in [4.69, 9.17) is 4.42 Å². The van der Waals surface area contributed by atoms with Crippen LogP contribution in [-0.2, 0) is 6.42 Å². The van der Waals surface area contributed by atoms with Crippen LogP contribution in [0.2, 0.25) is 0 Å². The van der Waals surface area contributed by atoms with Crippen LogP contribution in [0.25, 0.3) is 11.0 Å². The summed E-state index contributed by atoms with van der Waals surface area (Å²) in [6, 6.07) is 14.6. The lowest BCUT2D eigenvalue weighted by molar-refractivity contribution is -0.384. The number of furan rings is 1. The number of nitrogens with one attached hydrogen (secondary N) is 1. The van der Waals surface area contributed by atoms with E-state index in [0.717, 1.165) is 35.3 Å². The number of non-ortho nitro benzene ring substituents is 1. The Morgan fingerprint density at radius 1 is 1.18 bits per heavy atom. The molecule has 2 heterocycles. The van der Waals surface area contributed by atoms with Crippen molar-refractivity contribution in [3.8, 4) is 0 Å². The van der Waals surface area contributed by atoms with E-state index in [0.29, 0.717) is 0 Å². The molecule has 5 heteroatoms. The van der Waals surface area contributed by atoms with Crippen LogP contribution in [-0.4, -0.2) is 11.5 Å². The summed E-state index contributed by atoms with van der Waals surface area (Å²) in [6.45, 7) is 0.823. The fourth-order valence-corrected chi connectivity index (χ4v) is 3.13. The van der Waals surface area contributed by atoms with Gasteiger partial charge < -0.3 is 9.73 Å². The normalized spacial score (nSPS) is 17.4. The van der Waals surface area contributed by atoms with Gasteiger partial charge in [0.25, 0.3) is 5.69 Å². The largest absolute Gasteiger partial charge is 0.459 e. The molecular weight excluding hydrogens is 280 g/mol. The zero-order valence-corrected chi connectivity index (χ0v) is 11.8. The molecule has 1 unspecified atom stereocenters. The van der Waals surface area contributed by atoms with Crippen LogP contribution in [0.1, 0.15) is 22.9 Å². The summed E-state index contributed by atoms with van der Waals surface area (Å²) in [6.07, 6.45) is 0.901. The highest BCUT2D eigenvalue weighted by molar-refractivity contribution is 5.82. The third-order valence-corrected chi connectivity index (χ3v) is 4.13. The molecule has 0 bridgehead atoms. The van der Waals surface area contributed by atoms with E-state index < -0.39 is 0 Å². The van der Waals surface area contributed by atoms with E-state index in [-0.39, 0.29) is 16.7 Å². The lowest BCUT2D eigenvalue weighted by Crippen LogP contribution is -2.29. The second kappa shape index (κ2) is 4.96. The van der Waals surface area contributed by atoms with Gasteiger partial charge in [-0.05, 0) is 18.1 Å². The highest BCUT2D eigenvalue weighted by Gasteiger charge is 2.28. The molecule has 0 saturated heterocycles. The first-order valence-electron chi connectivity index (χ1n) is 7.22. The van der Waals surface area contributed by atoms with Crippen molar-refractivity contribution in [1.29, 1.82) is 0 Å². The lowest BCUT2D eigenvalue weighted by atomic mass is 9.94. The number of para-hydroxylation sites is 1.